The summed E-state index contributed by atoms with van der Waals surface area (Å²) in [6.07, 6.45) is 3.41. The van der Waals surface area contributed by atoms with Crippen LogP contribution in [0.2, 0.25) is 0 Å². The number of likely N-dealkylation sites (N-methyl/N-ethyl adjacent to an activating group) is 1. The van der Waals surface area contributed by atoms with Crippen LogP contribution in [-0.4, -0.2) is 76.2 Å². The van der Waals surface area contributed by atoms with Crippen molar-refractivity contribution in [1.82, 2.24) is 30.0 Å². The van der Waals surface area contributed by atoms with Crippen molar-refractivity contribution in [3.63, 3.8) is 0 Å². The highest BCUT2D eigenvalue weighted by Crippen LogP contribution is 2.34. The Morgan fingerprint density at radius 3 is 2.58 bits per heavy atom. The zero-order valence-electron chi connectivity index (χ0n) is 18.6. The molecule has 0 atom stereocenters. The lowest BCUT2D eigenvalue weighted by Crippen LogP contribution is -2.47. The zero-order valence-corrected chi connectivity index (χ0v) is 18.6. The van der Waals surface area contributed by atoms with Gasteiger partial charge in [0.2, 0.25) is 0 Å². The average Bonchev–Trinajstić information content (AvgIpc) is 3.27. The van der Waals surface area contributed by atoms with Crippen molar-refractivity contribution in [2.24, 2.45) is 0 Å². The molecule has 168 valence electrons. The number of piperazine rings is 1. The highest BCUT2D eigenvalue weighted by atomic mass is 16.5. The Morgan fingerprint density at radius 2 is 1.79 bits per heavy atom. The van der Waals surface area contributed by atoms with Gasteiger partial charge in [0, 0.05) is 60.6 Å². The molecule has 1 aromatic carbocycles. The number of aromatic amines is 1. The first kappa shape index (κ1) is 20.9. The van der Waals surface area contributed by atoms with Gasteiger partial charge in [-0.25, -0.2) is 9.97 Å². The first-order chi connectivity index (χ1) is 16.0. The van der Waals surface area contributed by atoms with Gasteiger partial charge in [-0.05, 0) is 31.3 Å². The molecule has 9 heteroatoms. The monoisotopic (exact) mass is 443 g/mol. The second-order valence-corrected chi connectivity index (χ2v) is 8.14. The van der Waals surface area contributed by atoms with E-state index in [1.54, 1.807) is 25.6 Å². The fourth-order valence-electron chi connectivity index (χ4n) is 4.09. The lowest BCUT2D eigenvalue weighted by molar-refractivity contribution is 0.0665. The number of hydrogen-bond acceptors (Lipinski definition) is 7. The van der Waals surface area contributed by atoms with E-state index in [0.717, 1.165) is 46.6 Å². The predicted molar refractivity (Wildman–Crippen MR) is 127 cm³/mol. The molecule has 1 aliphatic rings. The van der Waals surface area contributed by atoms with Crippen LogP contribution < -0.4 is 10.5 Å². The second-order valence-electron chi connectivity index (χ2n) is 8.14. The van der Waals surface area contributed by atoms with Crippen molar-refractivity contribution in [3.05, 3.63) is 54.4 Å². The molecule has 0 spiro atoms. The highest BCUT2D eigenvalue weighted by molar-refractivity contribution is 6.00. The number of para-hydroxylation sites is 1. The van der Waals surface area contributed by atoms with E-state index in [2.05, 4.69) is 32.1 Å². The summed E-state index contributed by atoms with van der Waals surface area (Å²) in [6, 6.07) is 11.5. The van der Waals surface area contributed by atoms with Gasteiger partial charge >= 0.3 is 0 Å². The summed E-state index contributed by atoms with van der Waals surface area (Å²) in [5.74, 6) is 0.863. The first-order valence-electron chi connectivity index (χ1n) is 10.8. The number of fused-ring (bicyclic) bond motifs is 1. The number of methoxy groups -OCH3 is 1. The van der Waals surface area contributed by atoms with Gasteiger partial charge in [0.05, 0.1) is 12.7 Å². The molecule has 0 saturated carbocycles. The lowest BCUT2D eigenvalue weighted by Gasteiger charge is -2.32. The molecule has 3 aromatic heterocycles. The number of nitrogens with zero attached hydrogens (tertiary/aromatic N) is 5. The molecule has 1 saturated heterocycles. The largest absolute Gasteiger partial charge is 0.496 e. The predicted octanol–water partition coefficient (Wildman–Crippen LogP) is 2.67. The molecule has 4 aromatic rings. The van der Waals surface area contributed by atoms with Gasteiger partial charge < -0.3 is 20.3 Å². The number of nitrogen functional groups attached to an aromatic ring is 1. The van der Waals surface area contributed by atoms with Crippen LogP contribution in [0.5, 0.6) is 5.75 Å². The topological polar surface area (TPSA) is 113 Å². The molecule has 1 fully saturated rings. The highest BCUT2D eigenvalue weighted by Gasteiger charge is 2.23. The van der Waals surface area contributed by atoms with Crippen molar-refractivity contribution in [2.75, 3.05) is 46.1 Å². The van der Waals surface area contributed by atoms with Crippen LogP contribution in [0.15, 0.2) is 48.8 Å². The summed E-state index contributed by atoms with van der Waals surface area (Å²) in [6.45, 7) is 3.02. The smallest absolute Gasteiger partial charge is 0.257 e. The number of aromatic nitrogens is 4. The maximum absolute atomic E-state index is 13.1. The molecule has 4 heterocycles. The van der Waals surface area contributed by atoms with Crippen LogP contribution in [0.4, 0.5) is 5.82 Å². The van der Waals surface area contributed by atoms with E-state index in [0.29, 0.717) is 24.3 Å². The number of nitrogens with one attached hydrogen (secondary N) is 1. The van der Waals surface area contributed by atoms with E-state index in [9.17, 15) is 4.79 Å². The van der Waals surface area contributed by atoms with Crippen molar-refractivity contribution in [2.45, 2.75) is 0 Å². The Labute approximate surface area is 191 Å². The number of H-pyrrole nitrogens is 1. The molecule has 5 rings (SSSR count). The Bertz CT molecular complexity index is 1330. The van der Waals surface area contributed by atoms with Crippen LogP contribution >= 0.6 is 0 Å². The summed E-state index contributed by atoms with van der Waals surface area (Å²) in [4.78, 5) is 26.0. The molecule has 0 bridgehead atoms. The number of ether oxygens (including phenoxy) is 1. The van der Waals surface area contributed by atoms with Crippen LogP contribution in [0.1, 0.15) is 10.4 Å². The van der Waals surface area contributed by atoms with Crippen molar-refractivity contribution in [3.8, 4) is 28.1 Å². The third-order valence-electron chi connectivity index (χ3n) is 6.05. The van der Waals surface area contributed by atoms with Gasteiger partial charge in [-0.1, -0.05) is 12.1 Å². The number of carbonyl (C=O) groups excluding carboxylic acids is 1. The van der Waals surface area contributed by atoms with Gasteiger partial charge in [-0.2, -0.15) is 5.10 Å². The Kier molecular flexibility index (Phi) is 5.39. The minimum atomic E-state index is -0.0954. The molecule has 0 unspecified atom stereocenters. The molecule has 9 nitrogen and oxygen atoms in total. The summed E-state index contributed by atoms with van der Waals surface area (Å²) >= 11 is 0. The number of anilines is 1. The summed E-state index contributed by atoms with van der Waals surface area (Å²) in [7, 11) is 3.69. The molecule has 0 radical (unpaired) electrons. The number of carbonyl (C=O) groups is 1. The SMILES string of the molecule is COc1ccccc1-c1n[nH]c2ncc(-c3cnc(N)c(C(=O)N4CCN(C)CC4)c3)cc12. The molecule has 0 aliphatic carbocycles. The van der Waals surface area contributed by atoms with Crippen LogP contribution in [0.3, 0.4) is 0 Å². The summed E-state index contributed by atoms with van der Waals surface area (Å²) < 4.78 is 5.51. The van der Waals surface area contributed by atoms with Gasteiger partial charge in [-0.15, -0.1) is 0 Å². The Morgan fingerprint density at radius 1 is 1.06 bits per heavy atom. The average molecular weight is 444 g/mol. The van der Waals surface area contributed by atoms with Gasteiger partial charge in [-0.3, -0.25) is 9.89 Å². The quantitative estimate of drug-likeness (QED) is 0.498. The first-order valence-corrected chi connectivity index (χ1v) is 10.8. The third-order valence-corrected chi connectivity index (χ3v) is 6.05. The summed E-state index contributed by atoms with van der Waals surface area (Å²) in [5.41, 5.74) is 10.4. The van der Waals surface area contributed by atoms with Crippen LogP contribution in [0.25, 0.3) is 33.4 Å². The van der Waals surface area contributed by atoms with Crippen molar-refractivity contribution < 1.29 is 9.53 Å². The fraction of sp³-hybridized carbons (Fsp3) is 0.250. The van der Waals surface area contributed by atoms with E-state index in [-0.39, 0.29) is 11.7 Å². The minimum Gasteiger partial charge on any atom is -0.496 e. The molecule has 1 aliphatic heterocycles. The number of benzene rings is 1. The maximum Gasteiger partial charge on any atom is 0.257 e. The molecular weight excluding hydrogens is 418 g/mol. The molecule has 3 N–H and O–H groups in total. The number of pyridine rings is 2. The minimum absolute atomic E-state index is 0.0954. The second kappa shape index (κ2) is 8.51. The standard InChI is InChI=1S/C24H25N7O2/c1-30-7-9-31(10-8-30)24(32)19-12-16(13-26-22(19)25)15-11-18-21(28-29-23(18)27-14-15)17-5-3-4-6-20(17)33-2/h3-6,11-14H,7-10H2,1-2H3,(H2,25,26)(H,27,28,29). The fourth-order valence-corrected chi connectivity index (χ4v) is 4.09. The van der Waals surface area contributed by atoms with Gasteiger partial charge in [0.25, 0.3) is 5.91 Å². The van der Waals surface area contributed by atoms with E-state index in [1.807, 2.05) is 35.2 Å². The van der Waals surface area contributed by atoms with E-state index in [4.69, 9.17) is 10.5 Å². The van der Waals surface area contributed by atoms with E-state index in [1.165, 1.54) is 0 Å². The van der Waals surface area contributed by atoms with Crippen molar-refractivity contribution >= 4 is 22.8 Å². The van der Waals surface area contributed by atoms with Gasteiger partial charge in [0.1, 0.15) is 17.3 Å². The number of nitrogens with two attached hydrogens (primary N) is 1. The Hall–Kier alpha value is -3.98. The van der Waals surface area contributed by atoms with Gasteiger partial charge in [0.15, 0.2) is 5.65 Å². The lowest BCUT2D eigenvalue weighted by atomic mass is 10.0. The van der Waals surface area contributed by atoms with Crippen LogP contribution in [-0.2, 0) is 0 Å². The van der Waals surface area contributed by atoms with Crippen molar-refractivity contribution in [1.29, 1.82) is 0 Å². The van der Waals surface area contributed by atoms with E-state index < -0.39 is 0 Å². The maximum atomic E-state index is 13.1. The Balaban J connectivity index is 1.53. The zero-order chi connectivity index (χ0) is 22.9. The number of amides is 1. The number of hydrogen-bond donors (Lipinski definition) is 2. The third kappa shape index (κ3) is 3.87. The molecule has 33 heavy (non-hydrogen) atoms. The summed E-state index contributed by atoms with van der Waals surface area (Å²) in [5, 5.41) is 8.30. The molecular formula is C24H25N7O2. The van der Waals surface area contributed by atoms with Crippen LogP contribution in [0, 0.1) is 0 Å². The number of rotatable bonds is 4. The normalized spacial score (nSPS) is 14.5. The van der Waals surface area contributed by atoms with E-state index >= 15 is 0 Å². The molecule has 1 amide bonds.